The van der Waals surface area contributed by atoms with E-state index in [-0.39, 0.29) is 0 Å². The van der Waals surface area contributed by atoms with Crippen LogP contribution in [0.15, 0.2) is 18.3 Å². The molecule has 0 amide bonds. The van der Waals surface area contributed by atoms with E-state index in [0.717, 1.165) is 31.5 Å². The van der Waals surface area contributed by atoms with E-state index < -0.39 is 0 Å². The van der Waals surface area contributed by atoms with Crippen molar-refractivity contribution in [2.24, 2.45) is 0 Å². The maximum atomic E-state index is 4.37. The van der Waals surface area contributed by atoms with E-state index in [4.69, 9.17) is 0 Å². The van der Waals surface area contributed by atoms with Gasteiger partial charge in [-0.05, 0) is 25.0 Å². The van der Waals surface area contributed by atoms with Crippen LogP contribution in [0.3, 0.4) is 0 Å². The summed E-state index contributed by atoms with van der Waals surface area (Å²) in [6.45, 7) is 10.3. The Kier molecular flexibility index (Phi) is 5.16. The summed E-state index contributed by atoms with van der Waals surface area (Å²) < 4.78 is 0. The highest BCUT2D eigenvalue weighted by atomic mass is 15.3. The van der Waals surface area contributed by atoms with Crippen molar-refractivity contribution in [1.82, 2.24) is 14.8 Å². The van der Waals surface area contributed by atoms with E-state index >= 15 is 0 Å². The van der Waals surface area contributed by atoms with Crippen LogP contribution >= 0.6 is 0 Å². The Morgan fingerprint density at radius 2 is 2.00 bits per heavy atom. The topological polar surface area (TPSA) is 31.4 Å². The predicted octanol–water partition coefficient (Wildman–Crippen LogP) is 2.04. The van der Waals surface area contributed by atoms with Gasteiger partial charge in [-0.15, -0.1) is 0 Å². The second-order valence-electron chi connectivity index (χ2n) is 5.37. The van der Waals surface area contributed by atoms with Gasteiger partial charge in [0.15, 0.2) is 0 Å². The van der Waals surface area contributed by atoms with Crippen LogP contribution in [0.2, 0.25) is 0 Å². The zero-order valence-corrected chi connectivity index (χ0v) is 12.4. The molecule has 0 saturated carbocycles. The first-order chi connectivity index (χ1) is 9.22. The molecule has 2 rings (SSSR count). The molecular formula is C15H26N4. The summed E-state index contributed by atoms with van der Waals surface area (Å²) in [5, 5.41) is 3.05. The third kappa shape index (κ3) is 3.91. The van der Waals surface area contributed by atoms with Gasteiger partial charge >= 0.3 is 0 Å². The van der Waals surface area contributed by atoms with Gasteiger partial charge in [-0.3, -0.25) is 9.80 Å². The highest BCUT2D eigenvalue weighted by Gasteiger charge is 2.19. The lowest BCUT2D eigenvalue weighted by atomic mass is 10.1. The molecule has 1 aliphatic rings. The number of anilines is 1. The summed E-state index contributed by atoms with van der Waals surface area (Å²) in [4.78, 5) is 9.49. The summed E-state index contributed by atoms with van der Waals surface area (Å²) in [7, 11) is 1.90. The molecular weight excluding hydrogens is 236 g/mol. The average molecular weight is 262 g/mol. The number of piperazine rings is 1. The molecule has 2 heterocycles. The van der Waals surface area contributed by atoms with Crippen LogP contribution in [-0.4, -0.2) is 54.1 Å². The van der Waals surface area contributed by atoms with Crippen molar-refractivity contribution in [2.75, 3.05) is 38.5 Å². The molecule has 1 fully saturated rings. The van der Waals surface area contributed by atoms with E-state index in [1.165, 1.54) is 25.1 Å². The number of nitrogens with zero attached hydrogens (tertiary/aromatic N) is 3. The summed E-state index contributed by atoms with van der Waals surface area (Å²) in [5.74, 6) is 0.935. The molecule has 1 aromatic heterocycles. The standard InChI is InChI=1S/C15H26N4/c1-4-13(2)19-9-7-18(8-10-19)12-14-5-6-15(16-3)17-11-14/h5-6,11,13H,4,7-10,12H2,1-3H3,(H,16,17). The van der Waals surface area contributed by atoms with Crippen molar-refractivity contribution < 1.29 is 0 Å². The predicted molar refractivity (Wildman–Crippen MR) is 80.4 cm³/mol. The van der Waals surface area contributed by atoms with Crippen LogP contribution < -0.4 is 5.32 Å². The fraction of sp³-hybridized carbons (Fsp3) is 0.667. The lowest BCUT2D eigenvalue weighted by molar-refractivity contribution is 0.0963. The van der Waals surface area contributed by atoms with Crippen LogP contribution in [0.5, 0.6) is 0 Å². The molecule has 1 aromatic rings. The molecule has 1 saturated heterocycles. The number of aromatic nitrogens is 1. The van der Waals surface area contributed by atoms with Gasteiger partial charge in [0.1, 0.15) is 5.82 Å². The molecule has 1 atom stereocenters. The third-order valence-electron chi connectivity index (χ3n) is 4.11. The monoisotopic (exact) mass is 262 g/mol. The third-order valence-corrected chi connectivity index (χ3v) is 4.11. The Balaban J connectivity index is 1.81. The minimum Gasteiger partial charge on any atom is -0.373 e. The van der Waals surface area contributed by atoms with Crippen LogP contribution in [-0.2, 0) is 6.54 Å². The maximum Gasteiger partial charge on any atom is 0.125 e. The van der Waals surface area contributed by atoms with E-state index in [9.17, 15) is 0 Å². The largest absolute Gasteiger partial charge is 0.373 e. The Bertz CT molecular complexity index is 368. The molecule has 1 unspecified atom stereocenters. The Morgan fingerprint density at radius 1 is 1.26 bits per heavy atom. The fourth-order valence-corrected chi connectivity index (χ4v) is 2.54. The van der Waals surface area contributed by atoms with Crippen molar-refractivity contribution >= 4 is 5.82 Å². The smallest absolute Gasteiger partial charge is 0.125 e. The van der Waals surface area contributed by atoms with Gasteiger partial charge in [-0.25, -0.2) is 4.98 Å². The van der Waals surface area contributed by atoms with E-state index in [0.29, 0.717) is 0 Å². The second-order valence-corrected chi connectivity index (χ2v) is 5.37. The van der Waals surface area contributed by atoms with Gasteiger partial charge in [-0.1, -0.05) is 13.0 Å². The Hall–Kier alpha value is -1.13. The molecule has 4 heteroatoms. The lowest BCUT2D eigenvalue weighted by Crippen LogP contribution is -2.48. The van der Waals surface area contributed by atoms with E-state index in [1.807, 2.05) is 19.3 Å². The summed E-state index contributed by atoms with van der Waals surface area (Å²) in [5.41, 5.74) is 1.30. The zero-order valence-electron chi connectivity index (χ0n) is 12.4. The number of pyridine rings is 1. The first-order valence-electron chi connectivity index (χ1n) is 7.32. The summed E-state index contributed by atoms with van der Waals surface area (Å²) in [6.07, 6.45) is 3.22. The second kappa shape index (κ2) is 6.87. The normalized spacial score (nSPS) is 19.3. The van der Waals surface area contributed by atoms with Gasteiger partial charge in [-0.2, -0.15) is 0 Å². The minimum absolute atomic E-state index is 0.721. The molecule has 0 bridgehead atoms. The van der Waals surface area contributed by atoms with Crippen LogP contribution in [0, 0.1) is 0 Å². The molecule has 106 valence electrons. The molecule has 0 aliphatic carbocycles. The molecule has 19 heavy (non-hydrogen) atoms. The molecule has 1 N–H and O–H groups in total. The average Bonchev–Trinajstić information content (AvgIpc) is 2.48. The van der Waals surface area contributed by atoms with Gasteiger partial charge in [0.25, 0.3) is 0 Å². The molecule has 0 aromatic carbocycles. The molecule has 4 nitrogen and oxygen atoms in total. The lowest BCUT2D eigenvalue weighted by Gasteiger charge is -2.37. The van der Waals surface area contributed by atoms with Gasteiger partial charge < -0.3 is 5.32 Å². The van der Waals surface area contributed by atoms with Crippen molar-refractivity contribution in [2.45, 2.75) is 32.9 Å². The van der Waals surface area contributed by atoms with Gasteiger partial charge in [0, 0.05) is 52.0 Å². The number of hydrogen-bond acceptors (Lipinski definition) is 4. The quantitative estimate of drug-likeness (QED) is 0.880. The van der Waals surface area contributed by atoms with Gasteiger partial charge in [0.2, 0.25) is 0 Å². The highest BCUT2D eigenvalue weighted by molar-refractivity contribution is 5.34. The number of rotatable bonds is 5. The first kappa shape index (κ1) is 14.3. The van der Waals surface area contributed by atoms with Gasteiger partial charge in [0.05, 0.1) is 0 Å². The van der Waals surface area contributed by atoms with Crippen molar-refractivity contribution in [3.05, 3.63) is 23.9 Å². The van der Waals surface area contributed by atoms with Crippen LogP contribution in [0.25, 0.3) is 0 Å². The fourth-order valence-electron chi connectivity index (χ4n) is 2.54. The van der Waals surface area contributed by atoms with Crippen molar-refractivity contribution in [1.29, 1.82) is 0 Å². The van der Waals surface area contributed by atoms with Crippen LogP contribution in [0.1, 0.15) is 25.8 Å². The number of hydrogen-bond donors (Lipinski definition) is 1. The highest BCUT2D eigenvalue weighted by Crippen LogP contribution is 2.12. The number of nitrogens with one attached hydrogen (secondary N) is 1. The minimum atomic E-state index is 0.721. The van der Waals surface area contributed by atoms with Crippen molar-refractivity contribution in [3.63, 3.8) is 0 Å². The molecule has 0 spiro atoms. The van der Waals surface area contributed by atoms with Crippen LogP contribution in [0.4, 0.5) is 5.82 Å². The Labute approximate surface area is 116 Å². The Morgan fingerprint density at radius 3 is 2.53 bits per heavy atom. The SMILES string of the molecule is CCC(C)N1CCN(Cc2ccc(NC)nc2)CC1. The van der Waals surface area contributed by atoms with E-state index in [1.54, 1.807) is 0 Å². The van der Waals surface area contributed by atoms with Crippen molar-refractivity contribution in [3.8, 4) is 0 Å². The van der Waals surface area contributed by atoms with E-state index in [2.05, 4.69) is 40.0 Å². The first-order valence-corrected chi connectivity index (χ1v) is 7.32. The molecule has 0 radical (unpaired) electrons. The summed E-state index contributed by atoms with van der Waals surface area (Å²) >= 11 is 0. The molecule has 1 aliphatic heterocycles. The summed E-state index contributed by atoms with van der Waals surface area (Å²) in [6, 6.07) is 4.93. The zero-order chi connectivity index (χ0) is 13.7. The maximum absolute atomic E-state index is 4.37.